The zero-order chi connectivity index (χ0) is 19.8. The fourth-order valence-corrected chi connectivity index (χ4v) is 5.64. The van der Waals surface area contributed by atoms with Gasteiger partial charge in [-0.15, -0.1) is 0 Å². The van der Waals surface area contributed by atoms with Crippen molar-refractivity contribution in [3.8, 4) is 0 Å². The van der Waals surface area contributed by atoms with Gasteiger partial charge in [-0.25, -0.2) is 13.1 Å². The summed E-state index contributed by atoms with van der Waals surface area (Å²) in [5.74, 6) is 0. The molecule has 0 bridgehead atoms. The van der Waals surface area contributed by atoms with Crippen LogP contribution in [0.25, 0.3) is 10.8 Å². The molecule has 4 nitrogen and oxygen atoms in total. The summed E-state index contributed by atoms with van der Waals surface area (Å²) in [6.07, 6.45) is 0.782. The van der Waals surface area contributed by atoms with Gasteiger partial charge in [0.2, 0.25) is 10.0 Å². The summed E-state index contributed by atoms with van der Waals surface area (Å²) >= 11 is 0. The van der Waals surface area contributed by atoms with Gasteiger partial charge in [0.15, 0.2) is 0 Å². The molecular formula is C23H26N2O2S. The Bertz CT molecular complexity index is 1070. The molecule has 1 unspecified atom stereocenters. The Morgan fingerprint density at radius 2 is 1.64 bits per heavy atom. The molecular weight excluding hydrogens is 368 g/mol. The molecule has 1 atom stereocenters. The average molecular weight is 395 g/mol. The zero-order valence-corrected chi connectivity index (χ0v) is 17.1. The lowest BCUT2D eigenvalue weighted by Crippen LogP contribution is -2.38. The van der Waals surface area contributed by atoms with Gasteiger partial charge in [0.05, 0.1) is 4.90 Å². The predicted molar refractivity (Wildman–Crippen MR) is 114 cm³/mol. The summed E-state index contributed by atoms with van der Waals surface area (Å²) in [6.45, 7) is 5.89. The molecule has 1 N–H and O–H groups in total. The maximum Gasteiger partial charge on any atom is 0.241 e. The van der Waals surface area contributed by atoms with Crippen LogP contribution >= 0.6 is 0 Å². The van der Waals surface area contributed by atoms with Crippen molar-refractivity contribution < 1.29 is 8.42 Å². The molecule has 146 valence electrons. The van der Waals surface area contributed by atoms with E-state index in [0.29, 0.717) is 11.4 Å². The quantitative estimate of drug-likeness (QED) is 0.707. The number of fused-ring (bicyclic) bond motifs is 1. The van der Waals surface area contributed by atoms with Crippen LogP contribution in [-0.4, -0.2) is 31.4 Å². The molecule has 1 fully saturated rings. The van der Waals surface area contributed by atoms with E-state index in [0.717, 1.165) is 23.7 Å². The van der Waals surface area contributed by atoms with Crippen LogP contribution in [0.15, 0.2) is 77.7 Å². The molecule has 1 heterocycles. The van der Waals surface area contributed by atoms with Crippen LogP contribution < -0.4 is 4.72 Å². The second-order valence-corrected chi connectivity index (χ2v) is 9.86. The lowest BCUT2D eigenvalue weighted by atomic mass is 10.00. The smallest absolute Gasteiger partial charge is 0.241 e. The molecule has 3 aromatic carbocycles. The topological polar surface area (TPSA) is 49.4 Å². The SMILES string of the molecule is CC1(C)CC(NS(=O)(=O)c2cccc3ccccc23)CN1Cc1ccccc1. The maximum atomic E-state index is 13.1. The maximum absolute atomic E-state index is 13.1. The highest BCUT2D eigenvalue weighted by Crippen LogP contribution is 2.31. The third kappa shape index (κ3) is 3.83. The number of hydrogen-bond donors (Lipinski definition) is 1. The van der Waals surface area contributed by atoms with Gasteiger partial charge in [-0.05, 0) is 37.3 Å². The highest BCUT2D eigenvalue weighted by atomic mass is 32.2. The van der Waals surface area contributed by atoms with Crippen LogP contribution in [0.2, 0.25) is 0 Å². The molecule has 0 aromatic heterocycles. The zero-order valence-electron chi connectivity index (χ0n) is 16.3. The molecule has 0 aliphatic carbocycles. The van der Waals surface area contributed by atoms with Crippen molar-refractivity contribution >= 4 is 20.8 Å². The molecule has 3 aromatic rings. The molecule has 4 rings (SSSR count). The van der Waals surface area contributed by atoms with Crippen molar-refractivity contribution in [2.24, 2.45) is 0 Å². The van der Waals surface area contributed by atoms with Gasteiger partial charge in [-0.1, -0.05) is 66.7 Å². The van der Waals surface area contributed by atoms with Crippen molar-refractivity contribution in [1.29, 1.82) is 0 Å². The lowest BCUT2D eigenvalue weighted by Gasteiger charge is -2.31. The first kappa shape index (κ1) is 19.1. The van der Waals surface area contributed by atoms with Gasteiger partial charge in [0.25, 0.3) is 0 Å². The highest BCUT2D eigenvalue weighted by Gasteiger charge is 2.40. The third-order valence-corrected chi connectivity index (χ3v) is 7.20. The molecule has 1 saturated heterocycles. The number of nitrogens with zero attached hydrogens (tertiary/aromatic N) is 1. The van der Waals surface area contributed by atoms with E-state index in [1.54, 1.807) is 12.1 Å². The van der Waals surface area contributed by atoms with Crippen LogP contribution in [0.5, 0.6) is 0 Å². The Balaban J connectivity index is 1.55. The van der Waals surface area contributed by atoms with Gasteiger partial charge < -0.3 is 0 Å². The Kier molecular flexibility index (Phi) is 5.00. The van der Waals surface area contributed by atoms with Crippen LogP contribution in [0, 0.1) is 0 Å². The second-order valence-electron chi connectivity index (χ2n) is 8.18. The highest BCUT2D eigenvalue weighted by molar-refractivity contribution is 7.89. The van der Waals surface area contributed by atoms with Gasteiger partial charge in [-0.2, -0.15) is 0 Å². The van der Waals surface area contributed by atoms with E-state index >= 15 is 0 Å². The molecule has 0 amide bonds. The number of rotatable bonds is 5. The summed E-state index contributed by atoms with van der Waals surface area (Å²) in [5.41, 5.74) is 1.18. The van der Waals surface area contributed by atoms with Crippen LogP contribution in [0.4, 0.5) is 0 Å². The summed E-state index contributed by atoms with van der Waals surface area (Å²) in [4.78, 5) is 2.71. The Labute approximate surface area is 167 Å². The van der Waals surface area contributed by atoms with Crippen molar-refractivity contribution in [2.45, 2.75) is 43.3 Å². The number of benzene rings is 3. The number of sulfonamides is 1. The number of likely N-dealkylation sites (tertiary alicyclic amines) is 1. The largest absolute Gasteiger partial charge is 0.292 e. The first-order chi connectivity index (χ1) is 13.4. The van der Waals surface area contributed by atoms with E-state index in [4.69, 9.17) is 0 Å². The van der Waals surface area contributed by atoms with Crippen LogP contribution in [-0.2, 0) is 16.6 Å². The van der Waals surface area contributed by atoms with E-state index in [1.165, 1.54) is 5.56 Å². The Morgan fingerprint density at radius 3 is 2.43 bits per heavy atom. The Morgan fingerprint density at radius 1 is 0.964 bits per heavy atom. The monoisotopic (exact) mass is 394 g/mol. The summed E-state index contributed by atoms with van der Waals surface area (Å²) in [5, 5.41) is 1.69. The minimum absolute atomic E-state index is 0.0677. The van der Waals surface area contributed by atoms with Gasteiger partial charge >= 0.3 is 0 Å². The molecule has 0 radical (unpaired) electrons. The van der Waals surface area contributed by atoms with Crippen molar-refractivity contribution in [3.63, 3.8) is 0 Å². The standard InChI is InChI=1S/C23H26N2O2S/c1-23(2)15-20(17-25(23)16-18-9-4-3-5-10-18)24-28(26,27)22-14-8-12-19-11-6-7-13-21(19)22/h3-14,20,24H,15-17H2,1-2H3. The molecule has 5 heteroatoms. The van der Waals surface area contributed by atoms with Crippen molar-refractivity contribution in [3.05, 3.63) is 78.4 Å². The predicted octanol–water partition coefficient (Wildman–Crippen LogP) is 4.17. The van der Waals surface area contributed by atoms with Gasteiger partial charge in [0, 0.05) is 30.1 Å². The third-order valence-electron chi connectivity index (χ3n) is 5.62. The fraction of sp³-hybridized carbons (Fsp3) is 0.304. The van der Waals surface area contributed by atoms with Crippen molar-refractivity contribution in [1.82, 2.24) is 9.62 Å². The van der Waals surface area contributed by atoms with Crippen molar-refractivity contribution in [2.75, 3.05) is 6.54 Å². The van der Waals surface area contributed by atoms with Crippen LogP contribution in [0.1, 0.15) is 25.8 Å². The first-order valence-corrected chi connectivity index (χ1v) is 11.1. The minimum atomic E-state index is -3.59. The summed E-state index contributed by atoms with van der Waals surface area (Å²) in [7, 11) is -3.59. The van der Waals surface area contributed by atoms with Crippen LogP contribution in [0.3, 0.4) is 0 Å². The summed E-state index contributed by atoms with van der Waals surface area (Å²) in [6, 6.07) is 23.2. The molecule has 0 saturated carbocycles. The molecule has 28 heavy (non-hydrogen) atoms. The number of hydrogen-bond acceptors (Lipinski definition) is 3. The molecule has 1 aliphatic rings. The van der Waals surface area contributed by atoms with E-state index in [2.05, 4.69) is 35.6 Å². The van der Waals surface area contributed by atoms with E-state index in [1.807, 2.05) is 48.5 Å². The summed E-state index contributed by atoms with van der Waals surface area (Å²) < 4.78 is 29.3. The fourth-order valence-electron chi connectivity index (χ4n) is 4.18. The Hall–Kier alpha value is -2.21. The number of nitrogens with one attached hydrogen (secondary N) is 1. The van der Waals surface area contributed by atoms with Gasteiger partial charge in [-0.3, -0.25) is 4.90 Å². The van der Waals surface area contributed by atoms with Gasteiger partial charge in [0.1, 0.15) is 0 Å². The normalized spacial score (nSPS) is 19.9. The molecule has 0 spiro atoms. The van der Waals surface area contributed by atoms with E-state index in [9.17, 15) is 8.42 Å². The molecule has 1 aliphatic heterocycles. The van der Waals surface area contributed by atoms with E-state index in [-0.39, 0.29) is 11.6 Å². The second kappa shape index (κ2) is 7.32. The average Bonchev–Trinajstić information content (AvgIpc) is 2.94. The van der Waals surface area contributed by atoms with E-state index < -0.39 is 10.0 Å². The first-order valence-electron chi connectivity index (χ1n) is 9.64. The lowest BCUT2D eigenvalue weighted by molar-refractivity contribution is 0.166. The minimum Gasteiger partial charge on any atom is -0.292 e.